The van der Waals surface area contributed by atoms with Crippen molar-refractivity contribution in [3.8, 4) is 6.07 Å². The summed E-state index contributed by atoms with van der Waals surface area (Å²) in [6.07, 6.45) is 3.52. The minimum Gasteiger partial charge on any atom is -0.210 e. The highest BCUT2D eigenvalue weighted by atomic mass is 35.5. The van der Waals surface area contributed by atoms with E-state index in [1.165, 1.54) is 6.92 Å². The fraction of sp³-hybridized carbons (Fsp3) is 0.909. The molecule has 0 spiro atoms. The van der Waals surface area contributed by atoms with Gasteiger partial charge in [-0.2, -0.15) is 5.26 Å². The molecule has 0 saturated heterocycles. The van der Waals surface area contributed by atoms with E-state index in [2.05, 4.69) is 6.92 Å². The molecule has 0 rings (SSSR count). The Bertz CT molecular complexity index is 452. The number of sulfonamides is 1. The third-order valence-electron chi connectivity index (χ3n) is 2.58. The lowest BCUT2D eigenvalue weighted by Gasteiger charge is -2.28. The Morgan fingerprint density at radius 2 is 1.86 bits per heavy atom. The first kappa shape index (κ1) is 21.9. The van der Waals surface area contributed by atoms with E-state index < -0.39 is 23.8 Å². The van der Waals surface area contributed by atoms with Gasteiger partial charge in [-0.15, -0.1) is 26.9 Å². The van der Waals surface area contributed by atoms with Gasteiger partial charge in [0.05, 0.1) is 6.07 Å². The minimum atomic E-state index is -3.86. The maximum absolute atomic E-state index is 12.3. The van der Waals surface area contributed by atoms with Crippen molar-refractivity contribution in [1.29, 1.82) is 5.26 Å². The van der Waals surface area contributed by atoms with Crippen molar-refractivity contribution >= 4 is 68.4 Å². The molecule has 10 heteroatoms. The van der Waals surface area contributed by atoms with E-state index in [1.54, 1.807) is 6.07 Å². The van der Waals surface area contributed by atoms with E-state index >= 15 is 0 Å². The number of nitriles is 1. The fourth-order valence-electron chi connectivity index (χ4n) is 1.31. The molecule has 0 aliphatic rings. The molecule has 1 atom stereocenters. The average molecular weight is 416 g/mol. The van der Waals surface area contributed by atoms with Crippen LogP contribution in [0.4, 0.5) is 0 Å². The lowest BCUT2D eigenvalue weighted by molar-refractivity contribution is 0.519. The topological polar surface area (TPSA) is 61.2 Å². The summed E-state index contributed by atoms with van der Waals surface area (Å²) >= 11 is 23.8. The van der Waals surface area contributed by atoms with Crippen LogP contribution in [-0.4, -0.2) is 32.4 Å². The number of unbranched alkanes of at least 4 members (excludes halogenated alkanes) is 3. The van der Waals surface area contributed by atoms with Crippen molar-refractivity contribution < 1.29 is 8.42 Å². The summed E-state index contributed by atoms with van der Waals surface area (Å²) in [4.78, 5) is -1.18. The van der Waals surface area contributed by atoms with Gasteiger partial charge in [-0.1, -0.05) is 49.4 Å². The molecule has 0 amide bonds. The number of halogens is 4. The summed E-state index contributed by atoms with van der Waals surface area (Å²) in [6.45, 7) is 3.55. The Balaban J connectivity index is 5.07. The molecule has 0 aromatic heterocycles. The summed E-state index contributed by atoms with van der Waals surface area (Å²) in [5.74, 6) is 0. The Kier molecular flexibility index (Phi) is 10.3. The molecule has 0 aliphatic heterocycles. The van der Waals surface area contributed by atoms with E-state index in [-0.39, 0.29) is 6.54 Å². The molecule has 0 radical (unpaired) electrons. The molecular formula is C11H18Cl4N2O2S2. The number of rotatable bonds is 10. The van der Waals surface area contributed by atoms with Crippen LogP contribution in [0.2, 0.25) is 0 Å². The summed E-state index contributed by atoms with van der Waals surface area (Å²) < 4.78 is 23.9. The maximum atomic E-state index is 12.3. The van der Waals surface area contributed by atoms with Crippen molar-refractivity contribution in [3.05, 3.63) is 0 Å². The van der Waals surface area contributed by atoms with Crippen molar-refractivity contribution in [2.45, 2.75) is 53.3 Å². The van der Waals surface area contributed by atoms with Gasteiger partial charge in [-0.25, -0.2) is 8.42 Å². The number of hydrogen-bond donors (Lipinski definition) is 0. The van der Waals surface area contributed by atoms with Gasteiger partial charge in [-0.05, 0) is 25.3 Å². The first-order chi connectivity index (χ1) is 9.59. The molecule has 0 fully saturated rings. The van der Waals surface area contributed by atoms with E-state index in [0.29, 0.717) is 18.4 Å². The van der Waals surface area contributed by atoms with Gasteiger partial charge in [0.25, 0.3) is 0 Å². The van der Waals surface area contributed by atoms with E-state index in [9.17, 15) is 8.42 Å². The minimum absolute atomic E-state index is 0.195. The molecule has 124 valence electrons. The second kappa shape index (κ2) is 9.92. The van der Waals surface area contributed by atoms with Crippen LogP contribution < -0.4 is 0 Å². The van der Waals surface area contributed by atoms with Crippen LogP contribution in [0.15, 0.2) is 0 Å². The van der Waals surface area contributed by atoms with Crippen LogP contribution in [0, 0.1) is 11.3 Å². The molecular weight excluding hydrogens is 398 g/mol. The van der Waals surface area contributed by atoms with E-state index in [4.69, 9.17) is 51.7 Å². The average Bonchev–Trinajstić information content (AvgIpc) is 2.40. The molecule has 0 aromatic rings. The van der Waals surface area contributed by atoms with Crippen LogP contribution in [0.25, 0.3) is 0 Å². The summed E-state index contributed by atoms with van der Waals surface area (Å²) in [5, 5.41) is 7.65. The predicted octanol–water partition coefficient (Wildman–Crippen LogP) is 4.69. The molecule has 0 bridgehead atoms. The van der Waals surface area contributed by atoms with Gasteiger partial charge in [0, 0.05) is 6.54 Å². The van der Waals surface area contributed by atoms with Crippen molar-refractivity contribution in [3.63, 3.8) is 0 Å². The van der Waals surface area contributed by atoms with Crippen molar-refractivity contribution in [1.82, 2.24) is 3.71 Å². The molecule has 0 aromatic carbocycles. The van der Waals surface area contributed by atoms with Crippen LogP contribution in [0.5, 0.6) is 0 Å². The fourth-order valence-corrected chi connectivity index (χ4v) is 4.89. The maximum Gasteiger partial charge on any atom is 0.239 e. The van der Waals surface area contributed by atoms with E-state index in [0.717, 1.165) is 23.0 Å². The first-order valence-electron chi connectivity index (χ1n) is 6.35. The van der Waals surface area contributed by atoms with Gasteiger partial charge in [0.15, 0.2) is 10.1 Å². The van der Waals surface area contributed by atoms with Crippen LogP contribution >= 0.6 is 58.4 Å². The Labute approximate surface area is 151 Å². The summed E-state index contributed by atoms with van der Waals surface area (Å²) in [5.41, 5.74) is 0. The quantitative estimate of drug-likeness (QED) is 0.295. The van der Waals surface area contributed by atoms with Gasteiger partial charge >= 0.3 is 0 Å². The van der Waals surface area contributed by atoms with Crippen LogP contribution in [0.1, 0.15) is 39.5 Å². The van der Waals surface area contributed by atoms with Crippen LogP contribution in [0.3, 0.4) is 0 Å². The molecule has 1 unspecified atom stereocenters. The smallest absolute Gasteiger partial charge is 0.210 e. The normalized spacial score (nSPS) is 14.4. The van der Waals surface area contributed by atoms with E-state index in [1.807, 2.05) is 0 Å². The molecule has 21 heavy (non-hydrogen) atoms. The summed E-state index contributed by atoms with van der Waals surface area (Å²) in [7, 11) is -3.86. The second-order valence-electron chi connectivity index (χ2n) is 4.36. The predicted molar refractivity (Wildman–Crippen MR) is 92.4 cm³/mol. The SMILES string of the molecule is CCCCCCN(SC(Cl)(Cl)C(Cl)Cl)S(=O)(=O)C(C)C#N. The van der Waals surface area contributed by atoms with Crippen LogP contribution in [-0.2, 0) is 10.0 Å². The molecule has 0 N–H and O–H groups in total. The lowest BCUT2D eigenvalue weighted by Crippen LogP contribution is -2.36. The Morgan fingerprint density at radius 3 is 2.29 bits per heavy atom. The zero-order chi connectivity index (χ0) is 16.7. The highest BCUT2D eigenvalue weighted by Crippen LogP contribution is 2.45. The molecule has 0 aliphatic carbocycles. The molecule has 0 saturated carbocycles. The zero-order valence-corrected chi connectivity index (χ0v) is 16.4. The highest BCUT2D eigenvalue weighted by Gasteiger charge is 2.41. The molecule has 0 heterocycles. The van der Waals surface area contributed by atoms with Crippen molar-refractivity contribution in [2.24, 2.45) is 0 Å². The second-order valence-corrected chi connectivity index (χ2v) is 11.0. The molecule has 4 nitrogen and oxygen atoms in total. The monoisotopic (exact) mass is 414 g/mol. The van der Waals surface area contributed by atoms with Gasteiger partial charge in [0.2, 0.25) is 13.7 Å². The summed E-state index contributed by atoms with van der Waals surface area (Å²) in [6, 6.07) is 1.71. The van der Waals surface area contributed by atoms with Gasteiger partial charge in [-0.3, -0.25) is 0 Å². The third-order valence-corrected chi connectivity index (χ3v) is 8.26. The lowest BCUT2D eigenvalue weighted by atomic mass is 10.2. The Morgan fingerprint density at radius 1 is 1.29 bits per heavy atom. The van der Waals surface area contributed by atoms with Gasteiger partial charge < -0.3 is 0 Å². The largest absolute Gasteiger partial charge is 0.239 e. The number of nitrogens with zero attached hydrogens (tertiary/aromatic N) is 2. The number of alkyl halides is 4. The first-order valence-corrected chi connectivity index (χ1v) is 10.3. The highest BCUT2D eigenvalue weighted by molar-refractivity contribution is 8.11. The van der Waals surface area contributed by atoms with Crippen molar-refractivity contribution in [2.75, 3.05) is 6.54 Å². The standard InChI is InChI=1S/C11H18Cl4N2O2S2/c1-3-4-5-6-7-17(20-11(14,15)10(12)13)21(18,19)9(2)8-16/h9-10H,3-7H2,1-2H3. The number of hydrogen-bond acceptors (Lipinski definition) is 4. The van der Waals surface area contributed by atoms with Gasteiger partial charge in [0.1, 0.15) is 0 Å². The Hall–Kier alpha value is 0.910. The third kappa shape index (κ3) is 7.34. The zero-order valence-electron chi connectivity index (χ0n) is 11.7.